The summed E-state index contributed by atoms with van der Waals surface area (Å²) in [6.07, 6.45) is 3.47. The van der Waals surface area contributed by atoms with E-state index in [0.29, 0.717) is 12.5 Å². The minimum Gasteiger partial charge on any atom is -0.396 e. The van der Waals surface area contributed by atoms with E-state index < -0.39 is 0 Å². The van der Waals surface area contributed by atoms with E-state index in [1.54, 1.807) is 0 Å². The van der Waals surface area contributed by atoms with Gasteiger partial charge in [-0.25, -0.2) is 0 Å². The molecule has 0 spiro atoms. The lowest BCUT2D eigenvalue weighted by molar-refractivity contribution is 0.184. The summed E-state index contributed by atoms with van der Waals surface area (Å²) < 4.78 is 0. The summed E-state index contributed by atoms with van der Waals surface area (Å²) in [6.45, 7) is 2.53. The van der Waals surface area contributed by atoms with Crippen LogP contribution in [0.1, 0.15) is 19.3 Å². The highest BCUT2D eigenvalue weighted by atomic mass is 16.3. The molecule has 1 saturated heterocycles. The fourth-order valence-electron chi connectivity index (χ4n) is 1.57. The van der Waals surface area contributed by atoms with Crippen LogP contribution in [0.5, 0.6) is 0 Å². The van der Waals surface area contributed by atoms with E-state index in [4.69, 9.17) is 5.11 Å². The fraction of sp³-hybridized carbons (Fsp3) is 0.875. The molecular weight excluding hydrogens is 126 g/mol. The lowest BCUT2D eigenvalue weighted by atomic mass is 9.96. The van der Waals surface area contributed by atoms with Gasteiger partial charge in [-0.15, -0.1) is 0 Å². The second kappa shape index (κ2) is 3.94. The Bertz CT molecular complexity index is 93.3. The van der Waals surface area contributed by atoms with Gasteiger partial charge in [-0.1, -0.05) is 0 Å². The van der Waals surface area contributed by atoms with Crippen molar-refractivity contribution in [3.05, 3.63) is 7.05 Å². The largest absolute Gasteiger partial charge is 0.396 e. The average Bonchev–Trinajstić information content (AvgIpc) is 1.88. The van der Waals surface area contributed by atoms with Gasteiger partial charge in [0.2, 0.25) is 0 Å². The predicted molar refractivity (Wildman–Crippen MR) is 41.4 cm³/mol. The number of nitrogens with zero attached hydrogens (tertiary/aromatic N) is 1. The van der Waals surface area contributed by atoms with Crippen molar-refractivity contribution in [2.24, 2.45) is 5.92 Å². The molecule has 10 heavy (non-hydrogen) atoms. The SMILES string of the molecule is [CH2]N1CCCC(CCO)C1. The molecule has 0 aliphatic carbocycles. The van der Waals surface area contributed by atoms with Gasteiger partial charge >= 0.3 is 0 Å². The lowest BCUT2D eigenvalue weighted by Crippen LogP contribution is -2.30. The van der Waals surface area contributed by atoms with Gasteiger partial charge < -0.3 is 10.0 Å². The summed E-state index contributed by atoms with van der Waals surface area (Å²) in [5, 5.41) is 8.67. The number of aliphatic hydroxyl groups is 1. The number of rotatable bonds is 2. The van der Waals surface area contributed by atoms with Crippen LogP contribution in [0.3, 0.4) is 0 Å². The van der Waals surface area contributed by atoms with Crippen LogP contribution in [0.25, 0.3) is 0 Å². The Hall–Kier alpha value is -0.0800. The van der Waals surface area contributed by atoms with Crippen LogP contribution in [0.2, 0.25) is 0 Å². The second-order valence-electron chi connectivity index (χ2n) is 3.10. The molecule has 0 saturated carbocycles. The number of hydrogen-bond donors (Lipinski definition) is 1. The summed E-state index contributed by atoms with van der Waals surface area (Å²) in [4.78, 5) is 2.10. The van der Waals surface area contributed by atoms with Crippen molar-refractivity contribution in [1.29, 1.82) is 0 Å². The standard InChI is InChI=1S/C8H16NO/c1-9-5-2-3-8(7-9)4-6-10/h8,10H,1-7H2. The normalized spacial score (nSPS) is 28.8. The van der Waals surface area contributed by atoms with Gasteiger partial charge in [0.25, 0.3) is 0 Å². The smallest absolute Gasteiger partial charge is 0.0434 e. The third kappa shape index (κ3) is 2.27. The van der Waals surface area contributed by atoms with Gasteiger partial charge in [0.15, 0.2) is 0 Å². The van der Waals surface area contributed by atoms with Crippen molar-refractivity contribution in [2.45, 2.75) is 19.3 Å². The molecule has 0 aromatic heterocycles. The molecule has 1 atom stereocenters. The molecule has 1 aliphatic heterocycles. The molecule has 1 unspecified atom stereocenters. The monoisotopic (exact) mass is 142 g/mol. The van der Waals surface area contributed by atoms with Crippen LogP contribution in [-0.4, -0.2) is 29.7 Å². The Morgan fingerprint density at radius 3 is 3.00 bits per heavy atom. The van der Waals surface area contributed by atoms with Crippen LogP contribution in [0.4, 0.5) is 0 Å². The van der Waals surface area contributed by atoms with Crippen LogP contribution in [-0.2, 0) is 0 Å². The van der Waals surface area contributed by atoms with Crippen molar-refractivity contribution in [3.63, 3.8) is 0 Å². The van der Waals surface area contributed by atoms with E-state index in [-0.39, 0.29) is 0 Å². The highest BCUT2D eigenvalue weighted by Gasteiger charge is 2.15. The zero-order valence-electron chi connectivity index (χ0n) is 6.42. The van der Waals surface area contributed by atoms with Crippen molar-refractivity contribution < 1.29 is 5.11 Å². The number of aliphatic hydroxyl groups excluding tert-OH is 1. The quantitative estimate of drug-likeness (QED) is 0.618. The molecule has 0 aromatic carbocycles. The van der Waals surface area contributed by atoms with E-state index in [1.807, 2.05) is 0 Å². The van der Waals surface area contributed by atoms with Gasteiger partial charge in [-0.3, -0.25) is 0 Å². The summed E-state index contributed by atoms with van der Waals surface area (Å²) in [7, 11) is 3.88. The maximum atomic E-state index is 8.67. The maximum Gasteiger partial charge on any atom is 0.0434 e. The van der Waals surface area contributed by atoms with Crippen molar-refractivity contribution >= 4 is 0 Å². The second-order valence-corrected chi connectivity index (χ2v) is 3.10. The molecule has 1 fully saturated rings. The van der Waals surface area contributed by atoms with E-state index in [1.165, 1.54) is 12.8 Å². The third-order valence-electron chi connectivity index (χ3n) is 2.14. The first-order valence-electron chi connectivity index (χ1n) is 3.99. The topological polar surface area (TPSA) is 23.5 Å². The van der Waals surface area contributed by atoms with Crippen molar-refractivity contribution in [2.75, 3.05) is 19.7 Å². The molecule has 2 heteroatoms. The molecule has 1 aliphatic rings. The Labute approximate surface area is 62.8 Å². The molecule has 0 amide bonds. The Morgan fingerprint density at radius 1 is 1.60 bits per heavy atom. The molecule has 1 radical (unpaired) electrons. The molecule has 1 rings (SSSR count). The van der Waals surface area contributed by atoms with Crippen LogP contribution in [0, 0.1) is 13.0 Å². The first-order valence-corrected chi connectivity index (χ1v) is 3.99. The summed E-state index contributed by atoms with van der Waals surface area (Å²) in [6, 6.07) is 0. The van der Waals surface area contributed by atoms with Gasteiger partial charge in [0.05, 0.1) is 0 Å². The van der Waals surface area contributed by atoms with Crippen molar-refractivity contribution in [1.82, 2.24) is 4.90 Å². The van der Waals surface area contributed by atoms with E-state index in [0.717, 1.165) is 19.5 Å². The number of likely N-dealkylation sites (tertiary alicyclic amines) is 1. The third-order valence-corrected chi connectivity index (χ3v) is 2.14. The first-order chi connectivity index (χ1) is 4.83. The highest BCUT2D eigenvalue weighted by Crippen LogP contribution is 2.17. The fourth-order valence-corrected chi connectivity index (χ4v) is 1.57. The van der Waals surface area contributed by atoms with Crippen LogP contribution < -0.4 is 0 Å². The highest BCUT2D eigenvalue weighted by molar-refractivity contribution is 4.71. The van der Waals surface area contributed by atoms with Crippen LogP contribution in [0.15, 0.2) is 0 Å². The molecular formula is C8H16NO. The predicted octanol–water partition coefficient (Wildman–Crippen LogP) is 0.872. The molecule has 1 N–H and O–H groups in total. The van der Waals surface area contributed by atoms with Crippen molar-refractivity contribution in [3.8, 4) is 0 Å². The maximum absolute atomic E-state index is 8.67. The van der Waals surface area contributed by atoms with Gasteiger partial charge in [-0.05, 0) is 31.7 Å². The lowest BCUT2D eigenvalue weighted by Gasteiger charge is -2.28. The van der Waals surface area contributed by atoms with E-state index >= 15 is 0 Å². The summed E-state index contributed by atoms with van der Waals surface area (Å²) >= 11 is 0. The van der Waals surface area contributed by atoms with Gasteiger partial charge in [0.1, 0.15) is 0 Å². The number of piperidine rings is 1. The van der Waals surface area contributed by atoms with E-state index in [9.17, 15) is 0 Å². The first kappa shape index (κ1) is 8.02. The minimum absolute atomic E-state index is 0.332. The van der Waals surface area contributed by atoms with Crippen LogP contribution >= 0.6 is 0 Å². The summed E-state index contributed by atoms with van der Waals surface area (Å²) in [5.41, 5.74) is 0. The Balaban J connectivity index is 2.18. The molecule has 59 valence electrons. The average molecular weight is 142 g/mol. The molecule has 1 heterocycles. The summed E-state index contributed by atoms with van der Waals surface area (Å²) in [5.74, 6) is 0.691. The zero-order valence-corrected chi connectivity index (χ0v) is 6.42. The van der Waals surface area contributed by atoms with E-state index in [2.05, 4.69) is 11.9 Å². The molecule has 2 nitrogen and oxygen atoms in total. The zero-order chi connectivity index (χ0) is 7.40. The Kier molecular flexibility index (Phi) is 3.16. The van der Waals surface area contributed by atoms with Gasteiger partial charge in [-0.2, -0.15) is 0 Å². The Morgan fingerprint density at radius 2 is 2.40 bits per heavy atom. The number of hydrogen-bond acceptors (Lipinski definition) is 2. The molecule has 0 aromatic rings. The minimum atomic E-state index is 0.332. The molecule has 0 bridgehead atoms. The van der Waals surface area contributed by atoms with Gasteiger partial charge in [0, 0.05) is 20.2 Å².